The number of nitrogens with zero attached hydrogens (tertiary/aromatic N) is 2. The minimum absolute atomic E-state index is 0. The van der Waals surface area contributed by atoms with Gasteiger partial charge in [0.15, 0.2) is 17.5 Å². The average Bonchev–Trinajstić information content (AvgIpc) is 2.60. The van der Waals surface area contributed by atoms with Crippen molar-refractivity contribution in [2.24, 2.45) is 4.99 Å². The molecule has 1 heterocycles. The van der Waals surface area contributed by atoms with E-state index in [4.69, 9.17) is 9.47 Å². The highest BCUT2D eigenvalue weighted by Crippen LogP contribution is 2.17. The number of benzene rings is 1. The Kier molecular flexibility index (Phi) is 10.7. The Bertz CT molecular complexity index is 539. The molecular weight excluding hydrogens is 438 g/mol. The molecule has 0 amide bonds. The number of hydrogen-bond donors (Lipinski definition) is 2. The fourth-order valence-electron chi connectivity index (χ4n) is 2.48. The lowest BCUT2D eigenvalue weighted by Gasteiger charge is -2.26. The summed E-state index contributed by atoms with van der Waals surface area (Å²) in [6, 6.07) is 4.90. The van der Waals surface area contributed by atoms with E-state index in [0.29, 0.717) is 6.54 Å². The van der Waals surface area contributed by atoms with Crippen molar-refractivity contribution in [2.75, 3.05) is 53.0 Å². The van der Waals surface area contributed by atoms with E-state index in [1.165, 1.54) is 13.2 Å². The van der Waals surface area contributed by atoms with Crippen molar-refractivity contribution in [3.8, 4) is 5.75 Å². The van der Waals surface area contributed by atoms with Crippen molar-refractivity contribution in [1.29, 1.82) is 0 Å². The van der Waals surface area contributed by atoms with Gasteiger partial charge in [-0.15, -0.1) is 24.0 Å². The summed E-state index contributed by atoms with van der Waals surface area (Å²) in [5.41, 5.74) is 0.804. The zero-order valence-corrected chi connectivity index (χ0v) is 17.2. The van der Waals surface area contributed by atoms with E-state index >= 15 is 0 Å². The molecule has 1 aliphatic heterocycles. The molecule has 0 bridgehead atoms. The van der Waals surface area contributed by atoms with E-state index in [1.807, 2.05) is 13.0 Å². The van der Waals surface area contributed by atoms with Crippen LogP contribution in [0.5, 0.6) is 5.75 Å². The fraction of sp³-hybridized carbons (Fsp3) is 0.588. The molecule has 0 saturated carbocycles. The zero-order chi connectivity index (χ0) is 17.2. The number of halogens is 2. The highest BCUT2D eigenvalue weighted by molar-refractivity contribution is 14.0. The van der Waals surface area contributed by atoms with Crippen molar-refractivity contribution in [2.45, 2.75) is 13.5 Å². The molecular formula is C17H28FIN4O2. The van der Waals surface area contributed by atoms with E-state index in [-0.39, 0.29) is 35.5 Å². The number of rotatable bonds is 7. The summed E-state index contributed by atoms with van der Waals surface area (Å²) in [6.45, 7) is 8.52. The van der Waals surface area contributed by atoms with Crippen LogP contribution in [0.3, 0.4) is 0 Å². The van der Waals surface area contributed by atoms with Crippen molar-refractivity contribution < 1.29 is 13.9 Å². The molecule has 0 atom stereocenters. The largest absolute Gasteiger partial charge is 0.494 e. The molecule has 6 nitrogen and oxygen atoms in total. The molecule has 25 heavy (non-hydrogen) atoms. The number of nitrogens with one attached hydrogen (secondary N) is 2. The molecule has 0 spiro atoms. The van der Waals surface area contributed by atoms with Crippen LogP contribution in [0.15, 0.2) is 23.2 Å². The molecule has 0 radical (unpaired) electrons. The topological polar surface area (TPSA) is 58.1 Å². The third-order valence-corrected chi connectivity index (χ3v) is 3.80. The van der Waals surface area contributed by atoms with Gasteiger partial charge in [0, 0.05) is 32.7 Å². The molecule has 1 aliphatic rings. The summed E-state index contributed by atoms with van der Waals surface area (Å²) in [7, 11) is 1.46. The van der Waals surface area contributed by atoms with Crippen LogP contribution in [0.25, 0.3) is 0 Å². The smallest absolute Gasteiger partial charge is 0.191 e. The van der Waals surface area contributed by atoms with Gasteiger partial charge in [0.05, 0.1) is 26.9 Å². The van der Waals surface area contributed by atoms with Gasteiger partial charge in [-0.25, -0.2) is 9.38 Å². The Morgan fingerprint density at radius 1 is 1.32 bits per heavy atom. The minimum atomic E-state index is -0.365. The Morgan fingerprint density at radius 2 is 2.08 bits per heavy atom. The van der Waals surface area contributed by atoms with Gasteiger partial charge in [-0.05, 0) is 24.6 Å². The van der Waals surface area contributed by atoms with Gasteiger partial charge in [-0.1, -0.05) is 6.07 Å². The molecule has 1 fully saturated rings. The van der Waals surface area contributed by atoms with Crippen molar-refractivity contribution >= 4 is 29.9 Å². The van der Waals surface area contributed by atoms with Crippen LogP contribution in [0, 0.1) is 5.82 Å². The lowest BCUT2D eigenvalue weighted by Crippen LogP contribution is -2.44. The molecule has 1 aromatic carbocycles. The van der Waals surface area contributed by atoms with Crippen molar-refractivity contribution in [3.05, 3.63) is 29.6 Å². The third-order valence-electron chi connectivity index (χ3n) is 3.80. The maximum absolute atomic E-state index is 13.7. The molecule has 1 aromatic rings. The van der Waals surface area contributed by atoms with Crippen molar-refractivity contribution in [3.63, 3.8) is 0 Å². The summed E-state index contributed by atoms with van der Waals surface area (Å²) in [4.78, 5) is 6.87. The van der Waals surface area contributed by atoms with Crippen LogP contribution in [0.1, 0.15) is 12.5 Å². The SMILES string of the molecule is CCNC(=NCc1ccc(OC)c(F)c1)NCCN1CCOCC1.I. The van der Waals surface area contributed by atoms with Gasteiger partial charge in [0.1, 0.15) is 0 Å². The summed E-state index contributed by atoms with van der Waals surface area (Å²) in [5.74, 6) is 0.621. The van der Waals surface area contributed by atoms with Gasteiger partial charge in [-0.2, -0.15) is 0 Å². The molecule has 0 unspecified atom stereocenters. The molecule has 2 N–H and O–H groups in total. The third kappa shape index (κ3) is 7.74. The van der Waals surface area contributed by atoms with Crippen LogP contribution in [-0.4, -0.2) is 63.9 Å². The average molecular weight is 466 g/mol. The monoisotopic (exact) mass is 466 g/mol. The quantitative estimate of drug-likeness (QED) is 0.365. The van der Waals surface area contributed by atoms with Gasteiger partial charge in [0.2, 0.25) is 0 Å². The second-order valence-electron chi connectivity index (χ2n) is 5.54. The normalized spacial score (nSPS) is 15.4. The lowest BCUT2D eigenvalue weighted by atomic mass is 10.2. The molecule has 142 valence electrons. The number of guanidine groups is 1. The number of ether oxygens (including phenoxy) is 2. The van der Waals surface area contributed by atoms with Crippen LogP contribution in [0.4, 0.5) is 4.39 Å². The second-order valence-corrected chi connectivity index (χ2v) is 5.54. The Labute approximate surface area is 166 Å². The van der Waals surface area contributed by atoms with Crippen LogP contribution in [0.2, 0.25) is 0 Å². The second kappa shape index (κ2) is 12.3. The number of methoxy groups -OCH3 is 1. The molecule has 1 saturated heterocycles. The fourth-order valence-corrected chi connectivity index (χ4v) is 2.48. The van der Waals surface area contributed by atoms with E-state index in [1.54, 1.807) is 6.07 Å². The first-order valence-electron chi connectivity index (χ1n) is 8.37. The van der Waals surface area contributed by atoms with Crippen LogP contribution in [-0.2, 0) is 11.3 Å². The van der Waals surface area contributed by atoms with Gasteiger partial charge >= 0.3 is 0 Å². The molecule has 2 rings (SSSR count). The first-order valence-corrected chi connectivity index (χ1v) is 8.37. The number of aliphatic imine (C=N–C) groups is 1. The zero-order valence-electron chi connectivity index (χ0n) is 14.9. The van der Waals surface area contributed by atoms with Crippen LogP contribution >= 0.6 is 24.0 Å². The summed E-state index contributed by atoms with van der Waals surface area (Å²) < 4.78 is 24.0. The van der Waals surface area contributed by atoms with E-state index in [9.17, 15) is 4.39 Å². The highest BCUT2D eigenvalue weighted by Gasteiger charge is 2.09. The Balaban J connectivity index is 0.00000312. The van der Waals surface area contributed by atoms with Gasteiger partial charge < -0.3 is 20.1 Å². The van der Waals surface area contributed by atoms with Gasteiger partial charge in [0.25, 0.3) is 0 Å². The number of hydrogen-bond acceptors (Lipinski definition) is 4. The lowest BCUT2D eigenvalue weighted by molar-refractivity contribution is 0.0389. The molecule has 8 heteroatoms. The standard InChI is InChI=1S/C17H27FN4O2.HI/c1-3-19-17(20-6-7-22-8-10-24-11-9-22)21-13-14-4-5-16(23-2)15(18)12-14;/h4-5,12H,3,6-11,13H2,1-2H3,(H2,19,20,21);1H. The minimum Gasteiger partial charge on any atom is -0.494 e. The molecule has 0 aliphatic carbocycles. The summed E-state index contributed by atoms with van der Waals surface area (Å²) >= 11 is 0. The highest BCUT2D eigenvalue weighted by atomic mass is 127. The predicted octanol–water partition coefficient (Wildman–Crippen LogP) is 1.84. The van der Waals surface area contributed by atoms with E-state index in [2.05, 4.69) is 20.5 Å². The predicted molar refractivity (Wildman–Crippen MR) is 108 cm³/mol. The first kappa shape index (κ1) is 21.9. The van der Waals surface area contributed by atoms with E-state index in [0.717, 1.165) is 57.5 Å². The summed E-state index contributed by atoms with van der Waals surface area (Å²) in [6.07, 6.45) is 0. The number of morpholine rings is 1. The van der Waals surface area contributed by atoms with Crippen LogP contribution < -0.4 is 15.4 Å². The van der Waals surface area contributed by atoms with E-state index < -0.39 is 0 Å². The summed E-state index contributed by atoms with van der Waals surface area (Å²) in [5, 5.41) is 6.52. The first-order chi connectivity index (χ1) is 11.7. The maximum Gasteiger partial charge on any atom is 0.191 e. The Morgan fingerprint density at radius 3 is 2.72 bits per heavy atom. The molecule has 0 aromatic heterocycles. The van der Waals surface area contributed by atoms with Gasteiger partial charge in [-0.3, -0.25) is 4.90 Å². The van der Waals surface area contributed by atoms with Crippen molar-refractivity contribution in [1.82, 2.24) is 15.5 Å². The maximum atomic E-state index is 13.7. The Hall–Kier alpha value is -1.13.